The number of hydrogen-bond acceptors (Lipinski definition) is 2. The molecule has 0 unspecified atom stereocenters. The lowest BCUT2D eigenvalue weighted by atomic mass is 9.41. The summed E-state index contributed by atoms with van der Waals surface area (Å²) in [6.07, 6.45) is 9.62. The summed E-state index contributed by atoms with van der Waals surface area (Å²) in [5.41, 5.74) is 0.374. The van der Waals surface area contributed by atoms with Crippen LogP contribution in [0, 0.1) is 39.9 Å². The zero-order valence-electron chi connectivity index (χ0n) is 14.5. The Morgan fingerprint density at radius 2 is 1.86 bits per heavy atom. The lowest BCUT2D eigenvalue weighted by molar-refractivity contribution is -0.169. The molecule has 2 bridgehead atoms. The topological polar surface area (TPSA) is 37.3 Å². The molecule has 0 aromatic heterocycles. The molecule has 1 N–H and O–H groups in total. The third-order valence-corrected chi connectivity index (χ3v) is 8.87. The number of ketones is 1. The van der Waals surface area contributed by atoms with E-state index >= 15 is 0 Å². The highest BCUT2D eigenvalue weighted by atomic mass is 16.3. The number of Topliss-reactive ketones (excluding diaryl/α,β-unsaturated/α-hetero) is 1. The van der Waals surface area contributed by atoms with Crippen LogP contribution in [-0.4, -0.2) is 17.5 Å². The van der Waals surface area contributed by atoms with Gasteiger partial charge in [-0.2, -0.15) is 0 Å². The second-order valence-electron chi connectivity index (χ2n) is 9.67. The summed E-state index contributed by atoms with van der Waals surface area (Å²) >= 11 is 0. The molecule has 1 spiro atoms. The number of aliphatic hydroxyl groups is 1. The van der Waals surface area contributed by atoms with Crippen molar-refractivity contribution < 1.29 is 9.90 Å². The van der Waals surface area contributed by atoms with Gasteiger partial charge in [0.05, 0.1) is 0 Å². The molecular formula is C20H32O2. The molecule has 0 aromatic rings. The summed E-state index contributed by atoms with van der Waals surface area (Å²) in [5.74, 6) is 2.76. The first-order valence-corrected chi connectivity index (χ1v) is 9.53. The molecule has 124 valence electrons. The van der Waals surface area contributed by atoms with Crippen molar-refractivity contribution in [3.8, 4) is 0 Å². The van der Waals surface area contributed by atoms with Gasteiger partial charge in [-0.15, -0.1) is 0 Å². The average molecular weight is 304 g/mol. The van der Waals surface area contributed by atoms with Crippen molar-refractivity contribution in [2.75, 3.05) is 6.61 Å². The van der Waals surface area contributed by atoms with E-state index in [0.717, 1.165) is 19.3 Å². The van der Waals surface area contributed by atoms with Gasteiger partial charge in [-0.1, -0.05) is 27.2 Å². The van der Waals surface area contributed by atoms with Crippen molar-refractivity contribution >= 4 is 5.78 Å². The van der Waals surface area contributed by atoms with Crippen molar-refractivity contribution in [3.63, 3.8) is 0 Å². The van der Waals surface area contributed by atoms with Gasteiger partial charge >= 0.3 is 0 Å². The van der Waals surface area contributed by atoms with E-state index < -0.39 is 0 Å². The van der Waals surface area contributed by atoms with E-state index in [1.54, 1.807) is 0 Å². The lowest BCUT2D eigenvalue weighted by Gasteiger charge is -2.63. The van der Waals surface area contributed by atoms with Crippen molar-refractivity contribution in [3.05, 3.63) is 0 Å². The second kappa shape index (κ2) is 4.59. The maximum atomic E-state index is 13.1. The number of fused-ring (bicyclic) bond motifs is 3. The summed E-state index contributed by atoms with van der Waals surface area (Å²) in [7, 11) is 0. The zero-order valence-corrected chi connectivity index (χ0v) is 14.5. The van der Waals surface area contributed by atoms with E-state index in [4.69, 9.17) is 0 Å². The highest BCUT2D eigenvalue weighted by molar-refractivity contribution is 5.90. The molecule has 4 saturated carbocycles. The van der Waals surface area contributed by atoms with E-state index in [2.05, 4.69) is 20.8 Å². The molecule has 0 aromatic carbocycles. The number of aliphatic hydroxyl groups excluding tert-OH is 1. The van der Waals surface area contributed by atoms with Crippen molar-refractivity contribution in [1.29, 1.82) is 0 Å². The van der Waals surface area contributed by atoms with Crippen LogP contribution in [0.5, 0.6) is 0 Å². The minimum Gasteiger partial charge on any atom is -0.396 e. The maximum absolute atomic E-state index is 13.1. The number of hydrogen-bond donors (Lipinski definition) is 1. The van der Waals surface area contributed by atoms with Crippen LogP contribution in [0.2, 0.25) is 0 Å². The number of carbonyl (C=O) groups excluding carboxylic acids is 1. The van der Waals surface area contributed by atoms with E-state index in [-0.39, 0.29) is 16.2 Å². The molecule has 4 rings (SSSR count). The maximum Gasteiger partial charge on any atom is 0.142 e. The van der Waals surface area contributed by atoms with Crippen LogP contribution in [0.15, 0.2) is 0 Å². The second-order valence-corrected chi connectivity index (χ2v) is 9.67. The first kappa shape index (κ1) is 15.2. The van der Waals surface area contributed by atoms with Gasteiger partial charge in [-0.3, -0.25) is 4.79 Å². The van der Waals surface area contributed by atoms with Gasteiger partial charge in [-0.25, -0.2) is 0 Å². The fourth-order valence-electron chi connectivity index (χ4n) is 7.80. The van der Waals surface area contributed by atoms with Crippen LogP contribution >= 0.6 is 0 Å². The summed E-state index contributed by atoms with van der Waals surface area (Å²) in [6, 6.07) is 0. The molecule has 0 heterocycles. The molecule has 4 aliphatic rings. The van der Waals surface area contributed by atoms with Crippen molar-refractivity contribution in [2.45, 2.75) is 72.1 Å². The molecule has 0 aliphatic heterocycles. The molecule has 2 heteroatoms. The van der Waals surface area contributed by atoms with Crippen LogP contribution in [0.3, 0.4) is 0 Å². The summed E-state index contributed by atoms with van der Waals surface area (Å²) in [4.78, 5) is 13.1. The Bertz CT molecular complexity index is 500. The SMILES string of the molecule is C[C@H]1C(=O)[C@@]23CC[C@@H]4[C@@](C)(CO)CCC[C@]4(C)[C@@H]2CC[C@@H]1C3. The van der Waals surface area contributed by atoms with Gasteiger partial charge in [0, 0.05) is 17.9 Å². The first-order chi connectivity index (χ1) is 10.4. The molecule has 4 fully saturated rings. The van der Waals surface area contributed by atoms with Gasteiger partial charge in [-0.05, 0) is 73.5 Å². The predicted molar refractivity (Wildman–Crippen MR) is 87.3 cm³/mol. The standard InChI is InChI=1S/C20H32O2/c1-13-14-5-6-16-19(3)9-4-8-18(2,12-21)15(19)7-10-20(16,11-14)17(13)22/h13-16,21H,4-12H2,1-3H3/t13-,14-,15-,16+,18-,19+,20-/m1/s1. The normalized spacial score (nSPS) is 57.4. The highest BCUT2D eigenvalue weighted by Crippen LogP contribution is 2.71. The van der Waals surface area contributed by atoms with Crippen LogP contribution in [-0.2, 0) is 4.79 Å². The van der Waals surface area contributed by atoms with E-state index in [1.165, 1.54) is 32.1 Å². The average Bonchev–Trinajstić information content (AvgIpc) is 2.68. The van der Waals surface area contributed by atoms with Gasteiger partial charge in [0.25, 0.3) is 0 Å². The first-order valence-electron chi connectivity index (χ1n) is 9.53. The molecule has 4 aliphatic carbocycles. The molecule has 0 saturated heterocycles. The summed E-state index contributed by atoms with van der Waals surface area (Å²) in [5, 5.41) is 10.1. The van der Waals surface area contributed by atoms with E-state index in [9.17, 15) is 9.90 Å². The Hall–Kier alpha value is -0.370. The monoisotopic (exact) mass is 304 g/mol. The Kier molecular flexibility index (Phi) is 3.16. The Morgan fingerprint density at radius 1 is 1.09 bits per heavy atom. The highest BCUT2D eigenvalue weighted by Gasteiger charge is 2.67. The Labute approximate surface area is 135 Å². The van der Waals surface area contributed by atoms with Gasteiger partial charge in [0.1, 0.15) is 5.78 Å². The fourth-order valence-corrected chi connectivity index (χ4v) is 7.80. The zero-order chi connectivity index (χ0) is 15.8. The van der Waals surface area contributed by atoms with E-state index in [1.807, 2.05) is 0 Å². The lowest BCUT2D eigenvalue weighted by Crippen LogP contribution is -2.58. The predicted octanol–water partition coefficient (Wildman–Crippen LogP) is 4.21. The number of carbonyl (C=O) groups is 1. The van der Waals surface area contributed by atoms with Crippen LogP contribution < -0.4 is 0 Å². The minimum atomic E-state index is 0.0152. The molecular weight excluding hydrogens is 272 g/mol. The minimum absolute atomic E-state index is 0.0152. The summed E-state index contributed by atoms with van der Waals surface area (Å²) < 4.78 is 0. The molecule has 0 amide bonds. The number of rotatable bonds is 1. The van der Waals surface area contributed by atoms with E-state index in [0.29, 0.717) is 36.1 Å². The Morgan fingerprint density at radius 3 is 2.59 bits per heavy atom. The summed E-state index contributed by atoms with van der Waals surface area (Å²) in [6.45, 7) is 7.29. The molecule has 0 radical (unpaired) electrons. The van der Waals surface area contributed by atoms with Gasteiger partial charge < -0.3 is 5.11 Å². The van der Waals surface area contributed by atoms with Crippen LogP contribution in [0.1, 0.15) is 72.1 Å². The van der Waals surface area contributed by atoms with Gasteiger partial charge in [0.2, 0.25) is 0 Å². The quantitative estimate of drug-likeness (QED) is 0.788. The third kappa shape index (κ3) is 1.63. The molecule has 22 heavy (non-hydrogen) atoms. The smallest absolute Gasteiger partial charge is 0.142 e. The molecule has 7 atom stereocenters. The van der Waals surface area contributed by atoms with Crippen LogP contribution in [0.4, 0.5) is 0 Å². The largest absolute Gasteiger partial charge is 0.396 e. The van der Waals surface area contributed by atoms with Crippen molar-refractivity contribution in [1.82, 2.24) is 0 Å². The third-order valence-electron chi connectivity index (χ3n) is 8.87. The molecule has 2 nitrogen and oxygen atoms in total. The van der Waals surface area contributed by atoms with Crippen molar-refractivity contribution in [2.24, 2.45) is 39.9 Å². The Balaban J connectivity index is 1.76. The fraction of sp³-hybridized carbons (Fsp3) is 0.950. The van der Waals surface area contributed by atoms with Crippen LogP contribution in [0.25, 0.3) is 0 Å². The van der Waals surface area contributed by atoms with Gasteiger partial charge in [0.15, 0.2) is 0 Å².